The summed E-state index contributed by atoms with van der Waals surface area (Å²) in [4.78, 5) is 3.42. The Morgan fingerprint density at radius 2 is 2.53 bits per heavy atom. The van der Waals surface area contributed by atoms with E-state index in [1.54, 1.807) is 11.3 Å². The van der Waals surface area contributed by atoms with Gasteiger partial charge in [0.1, 0.15) is 10.9 Å². The maximum atomic E-state index is 5.91. The molecule has 1 atom stereocenters. The summed E-state index contributed by atoms with van der Waals surface area (Å²) in [6.07, 6.45) is 0.160. The fourth-order valence-electron chi connectivity index (χ4n) is 2.30. The van der Waals surface area contributed by atoms with Crippen LogP contribution in [0.4, 0.5) is 0 Å². The first-order valence-corrected chi connectivity index (χ1v) is 6.91. The minimum Gasteiger partial charge on any atom is -0.369 e. The van der Waals surface area contributed by atoms with Gasteiger partial charge in [0.25, 0.3) is 0 Å². The molecule has 0 radical (unpaired) electrons. The lowest BCUT2D eigenvalue weighted by Crippen LogP contribution is -2.31. The second kappa shape index (κ2) is 4.40. The molecule has 0 saturated heterocycles. The molecule has 92 valence electrons. The number of fused-ring (bicyclic) bond motifs is 3. The molecule has 2 aromatic rings. The van der Waals surface area contributed by atoms with Crippen LogP contribution in [0.25, 0.3) is 10.2 Å². The van der Waals surface area contributed by atoms with E-state index in [1.165, 1.54) is 11.1 Å². The maximum absolute atomic E-state index is 5.91. The number of thiophene rings is 1. The highest BCUT2D eigenvalue weighted by molar-refractivity contribution is 7.16. The summed E-state index contributed by atoms with van der Waals surface area (Å²) in [6, 6.07) is 2.16. The molecule has 0 aliphatic carbocycles. The molecule has 4 nitrogen and oxygen atoms in total. The van der Waals surface area contributed by atoms with Gasteiger partial charge in [-0.3, -0.25) is 4.68 Å². The molecular formula is C12H17N3OS. The first-order chi connectivity index (χ1) is 8.29. The average molecular weight is 251 g/mol. The van der Waals surface area contributed by atoms with Crippen molar-refractivity contribution in [1.29, 1.82) is 0 Å². The Kier molecular flexibility index (Phi) is 2.90. The first kappa shape index (κ1) is 11.2. The van der Waals surface area contributed by atoms with Crippen molar-refractivity contribution in [1.82, 2.24) is 14.7 Å². The van der Waals surface area contributed by atoms with Gasteiger partial charge in [0.15, 0.2) is 0 Å². The number of ether oxygens (including phenoxy) is 1. The zero-order valence-electron chi connectivity index (χ0n) is 10.2. The van der Waals surface area contributed by atoms with Crippen molar-refractivity contribution in [2.45, 2.75) is 19.6 Å². The van der Waals surface area contributed by atoms with Gasteiger partial charge in [-0.05, 0) is 25.0 Å². The van der Waals surface area contributed by atoms with Crippen molar-refractivity contribution in [3.05, 3.63) is 17.1 Å². The Morgan fingerprint density at radius 1 is 1.65 bits per heavy atom. The predicted molar refractivity (Wildman–Crippen MR) is 69.5 cm³/mol. The largest absolute Gasteiger partial charge is 0.369 e. The number of nitrogens with zero attached hydrogens (tertiary/aromatic N) is 3. The highest BCUT2D eigenvalue weighted by Gasteiger charge is 2.26. The Hall–Kier alpha value is -0.910. The smallest absolute Gasteiger partial charge is 0.145 e. The third kappa shape index (κ3) is 1.88. The highest BCUT2D eigenvalue weighted by Crippen LogP contribution is 2.32. The molecule has 1 aliphatic rings. The minimum atomic E-state index is 0.160. The van der Waals surface area contributed by atoms with E-state index >= 15 is 0 Å². The van der Waals surface area contributed by atoms with Crippen LogP contribution >= 0.6 is 11.3 Å². The van der Waals surface area contributed by atoms with Crippen LogP contribution in [-0.2, 0) is 11.3 Å². The van der Waals surface area contributed by atoms with Crippen LogP contribution in [0, 0.1) is 0 Å². The Labute approximate surface area is 105 Å². The molecule has 0 saturated carbocycles. The van der Waals surface area contributed by atoms with Crippen LogP contribution in [-0.4, -0.2) is 41.4 Å². The van der Waals surface area contributed by atoms with E-state index in [9.17, 15) is 0 Å². The van der Waals surface area contributed by atoms with Gasteiger partial charge in [-0.2, -0.15) is 5.10 Å². The molecule has 1 unspecified atom stereocenters. The van der Waals surface area contributed by atoms with E-state index in [4.69, 9.17) is 4.74 Å². The number of aromatic nitrogens is 2. The molecular weight excluding hydrogens is 234 g/mol. The van der Waals surface area contributed by atoms with Crippen molar-refractivity contribution in [2.75, 3.05) is 26.7 Å². The van der Waals surface area contributed by atoms with Crippen LogP contribution < -0.4 is 0 Å². The monoisotopic (exact) mass is 251 g/mol. The van der Waals surface area contributed by atoms with Crippen LogP contribution in [0.5, 0.6) is 0 Å². The van der Waals surface area contributed by atoms with Gasteiger partial charge in [0.05, 0.1) is 18.8 Å². The van der Waals surface area contributed by atoms with Crippen LogP contribution in [0.15, 0.2) is 11.4 Å². The minimum absolute atomic E-state index is 0.160. The summed E-state index contributed by atoms with van der Waals surface area (Å²) in [5, 5.41) is 8.01. The van der Waals surface area contributed by atoms with Crippen molar-refractivity contribution in [3.8, 4) is 0 Å². The molecule has 0 amide bonds. The summed E-state index contributed by atoms with van der Waals surface area (Å²) in [6.45, 7) is 5.79. The number of rotatable bonds is 3. The summed E-state index contributed by atoms with van der Waals surface area (Å²) >= 11 is 1.71. The van der Waals surface area contributed by atoms with Crippen LogP contribution in [0.1, 0.15) is 18.7 Å². The van der Waals surface area contributed by atoms with E-state index in [2.05, 4.69) is 40.1 Å². The van der Waals surface area contributed by atoms with Gasteiger partial charge < -0.3 is 9.64 Å². The molecule has 1 aliphatic heterocycles. The molecule has 5 heteroatoms. The van der Waals surface area contributed by atoms with E-state index in [0.717, 1.165) is 31.1 Å². The van der Waals surface area contributed by atoms with Crippen LogP contribution in [0.3, 0.4) is 0 Å². The summed E-state index contributed by atoms with van der Waals surface area (Å²) in [7, 11) is 2.13. The van der Waals surface area contributed by atoms with Gasteiger partial charge >= 0.3 is 0 Å². The second-order valence-corrected chi connectivity index (χ2v) is 5.36. The van der Waals surface area contributed by atoms with Gasteiger partial charge in [0.2, 0.25) is 0 Å². The molecule has 17 heavy (non-hydrogen) atoms. The van der Waals surface area contributed by atoms with Crippen molar-refractivity contribution >= 4 is 21.6 Å². The van der Waals surface area contributed by atoms with Crippen molar-refractivity contribution < 1.29 is 4.74 Å². The SMILES string of the molecule is CCN(C)CC1OCCn2nc3sccc3c21. The van der Waals surface area contributed by atoms with E-state index in [1.807, 2.05) is 0 Å². The fraction of sp³-hybridized carbons (Fsp3) is 0.583. The van der Waals surface area contributed by atoms with Gasteiger partial charge in [-0.1, -0.05) is 6.92 Å². The van der Waals surface area contributed by atoms with E-state index < -0.39 is 0 Å². The zero-order chi connectivity index (χ0) is 11.8. The normalized spacial score (nSPS) is 20.1. The third-order valence-electron chi connectivity index (χ3n) is 3.35. The summed E-state index contributed by atoms with van der Waals surface area (Å²) in [5.74, 6) is 0. The molecule has 0 fully saturated rings. The number of likely N-dealkylation sites (N-methyl/N-ethyl adjacent to an activating group) is 1. The zero-order valence-corrected chi connectivity index (χ0v) is 11.0. The summed E-state index contributed by atoms with van der Waals surface area (Å²) in [5.41, 5.74) is 1.26. The van der Waals surface area contributed by atoms with Crippen LogP contribution in [0.2, 0.25) is 0 Å². The van der Waals surface area contributed by atoms with E-state index in [0.29, 0.717) is 0 Å². The Bertz CT molecular complexity index is 519. The van der Waals surface area contributed by atoms with Gasteiger partial charge in [-0.15, -0.1) is 11.3 Å². The lowest BCUT2D eigenvalue weighted by atomic mass is 10.1. The van der Waals surface area contributed by atoms with E-state index in [-0.39, 0.29) is 6.10 Å². The molecule has 3 heterocycles. The maximum Gasteiger partial charge on any atom is 0.145 e. The molecule has 0 aromatic carbocycles. The predicted octanol–water partition coefficient (Wildman–Crippen LogP) is 2.12. The second-order valence-electron chi connectivity index (χ2n) is 4.46. The molecule has 0 spiro atoms. The molecule has 0 N–H and O–H groups in total. The summed E-state index contributed by atoms with van der Waals surface area (Å²) < 4.78 is 8.04. The Balaban J connectivity index is 1.99. The van der Waals surface area contributed by atoms with Crippen molar-refractivity contribution in [3.63, 3.8) is 0 Å². The lowest BCUT2D eigenvalue weighted by molar-refractivity contribution is 0.000556. The lowest BCUT2D eigenvalue weighted by Gasteiger charge is -2.28. The first-order valence-electron chi connectivity index (χ1n) is 6.03. The number of hydrogen-bond acceptors (Lipinski definition) is 4. The molecule has 0 bridgehead atoms. The highest BCUT2D eigenvalue weighted by atomic mass is 32.1. The topological polar surface area (TPSA) is 30.3 Å². The third-order valence-corrected chi connectivity index (χ3v) is 4.15. The fourth-order valence-corrected chi connectivity index (χ4v) is 3.08. The van der Waals surface area contributed by atoms with Gasteiger partial charge in [-0.25, -0.2) is 0 Å². The standard InChI is InChI=1S/C12H17N3OS/c1-3-14(2)8-10-11-9-4-7-17-12(9)13-15(11)5-6-16-10/h4,7,10H,3,5-6,8H2,1-2H3. The van der Waals surface area contributed by atoms with Crippen molar-refractivity contribution in [2.24, 2.45) is 0 Å². The molecule has 3 rings (SSSR count). The number of hydrogen-bond donors (Lipinski definition) is 0. The van der Waals surface area contributed by atoms with Gasteiger partial charge in [0, 0.05) is 11.9 Å². The quantitative estimate of drug-likeness (QED) is 0.837. The molecule has 2 aromatic heterocycles. The Morgan fingerprint density at radius 3 is 3.35 bits per heavy atom. The average Bonchev–Trinajstić information content (AvgIpc) is 2.88.